The average molecular weight is 107 g/mol. The normalized spacial score (nSPS) is 9.00. The lowest BCUT2D eigenvalue weighted by Crippen LogP contribution is -2.05. The first-order valence-corrected chi connectivity index (χ1v) is 2.64. The molecule has 0 aromatic rings. The molecule has 0 fully saturated rings. The van der Waals surface area contributed by atoms with Gasteiger partial charge in [0.05, 0.1) is 0 Å². The zero-order valence-corrected chi connectivity index (χ0v) is 4.70. The number of halogens is 1. The molecule has 0 atom stereocenters. The van der Waals surface area contributed by atoms with Gasteiger partial charge in [-0.25, -0.2) is 5.32 Å². The van der Waals surface area contributed by atoms with Gasteiger partial charge in [-0.1, -0.05) is 6.92 Å². The summed E-state index contributed by atoms with van der Waals surface area (Å²) in [5.41, 5.74) is 0. The predicted molar refractivity (Wildman–Crippen MR) is 28.3 cm³/mol. The summed E-state index contributed by atoms with van der Waals surface area (Å²) in [6.07, 6.45) is 0. The van der Waals surface area contributed by atoms with Crippen molar-refractivity contribution in [3.63, 3.8) is 0 Å². The monoisotopic (exact) mass is 106 g/mol. The van der Waals surface area contributed by atoms with Gasteiger partial charge in [0.1, 0.15) is 0 Å². The molecule has 1 nitrogen and oxygen atoms in total. The second-order valence-electron chi connectivity index (χ2n) is 0.952. The van der Waals surface area contributed by atoms with Crippen LogP contribution in [0, 0.1) is 0 Å². The lowest BCUT2D eigenvalue weighted by atomic mass is 10.7. The third-order valence-corrected chi connectivity index (χ3v) is 0.635. The Morgan fingerprint density at radius 3 is 2.50 bits per heavy atom. The molecule has 0 saturated heterocycles. The molecule has 0 unspecified atom stereocenters. The number of rotatable bonds is 3. The standard InChI is InChI=1S/C4H9ClN/c1-2-6-4-3-5/h2-4H2,1H3. The number of hydrogen-bond acceptors (Lipinski definition) is 0. The Hall–Kier alpha value is 0.250. The van der Waals surface area contributed by atoms with E-state index in [0.29, 0.717) is 5.88 Å². The van der Waals surface area contributed by atoms with Crippen molar-refractivity contribution in [1.29, 1.82) is 0 Å². The van der Waals surface area contributed by atoms with Crippen LogP contribution >= 0.6 is 11.6 Å². The first-order valence-electron chi connectivity index (χ1n) is 2.11. The molecule has 0 aromatic heterocycles. The maximum absolute atomic E-state index is 5.29. The van der Waals surface area contributed by atoms with E-state index in [1.54, 1.807) is 0 Å². The molecule has 0 rings (SSSR count). The maximum atomic E-state index is 5.29. The van der Waals surface area contributed by atoms with Gasteiger partial charge in [-0.2, -0.15) is 0 Å². The molecule has 2 heteroatoms. The summed E-state index contributed by atoms with van der Waals surface area (Å²) in [5, 5.41) is 3.96. The second-order valence-corrected chi connectivity index (χ2v) is 1.33. The maximum Gasteiger partial charge on any atom is 0.0365 e. The molecule has 1 radical (unpaired) electrons. The van der Waals surface area contributed by atoms with Crippen molar-refractivity contribution in [1.82, 2.24) is 5.32 Å². The van der Waals surface area contributed by atoms with Crippen molar-refractivity contribution in [3.8, 4) is 0 Å². The Bertz CT molecular complexity index is 19.5. The van der Waals surface area contributed by atoms with E-state index in [4.69, 9.17) is 11.6 Å². The van der Waals surface area contributed by atoms with Crippen LogP contribution in [0.2, 0.25) is 0 Å². The molecular weight excluding hydrogens is 97.5 g/mol. The second kappa shape index (κ2) is 5.25. The van der Waals surface area contributed by atoms with Gasteiger partial charge in [0.15, 0.2) is 0 Å². The minimum Gasteiger partial charge on any atom is -0.241 e. The highest BCUT2D eigenvalue weighted by molar-refractivity contribution is 6.18. The summed E-state index contributed by atoms with van der Waals surface area (Å²) in [4.78, 5) is 0. The molecule has 0 saturated carbocycles. The van der Waals surface area contributed by atoms with E-state index in [1.165, 1.54) is 0 Å². The summed E-state index contributed by atoms with van der Waals surface area (Å²) in [6.45, 7) is 3.71. The van der Waals surface area contributed by atoms with Gasteiger partial charge in [-0.05, 0) is 0 Å². The lowest BCUT2D eigenvalue weighted by Gasteiger charge is -1.87. The van der Waals surface area contributed by atoms with Crippen molar-refractivity contribution in [3.05, 3.63) is 0 Å². The molecule has 0 aliphatic rings. The van der Waals surface area contributed by atoms with Gasteiger partial charge in [0.25, 0.3) is 0 Å². The van der Waals surface area contributed by atoms with E-state index in [9.17, 15) is 0 Å². The molecule has 0 aliphatic heterocycles. The number of hydrogen-bond donors (Lipinski definition) is 0. The van der Waals surface area contributed by atoms with Crippen LogP contribution in [0.5, 0.6) is 0 Å². The van der Waals surface area contributed by atoms with E-state index in [2.05, 4.69) is 5.32 Å². The fourth-order valence-corrected chi connectivity index (χ4v) is 0.337. The fourth-order valence-electron chi connectivity index (χ4n) is 0.218. The van der Waals surface area contributed by atoms with E-state index in [1.807, 2.05) is 6.92 Å². The summed E-state index contributed by atoms with van der Waals surface area (Å²) in [6, 6.07) is 0. The largest absolute Gasteiger partial charge is 0.241 e. The van der Waals surface area contributed by atoms with Crippen molar-refractivity contribution in [2.75, 3.05) is 19.0 Å². The van der Waals surface area contributed by atoms with Crippen LogP contribution < -0.4 is 5.32 Å². The predicted octanol–water partition coefficient (Wildman–Crippen LogP) is 0.849. The lowest BCUT2D eigenvalue weighted by molar-refractivity contribution is 0.749. The highest BCUT2D eigenvalue weighted by Gasteiger charge is 1.75. The summed E-state index contributed by atoms with van der Waals surface area (Å²) in [7, 11) is 0. The molecule has 0 amide bonds. The van der Waals surface area contributed by atoms with E-state index in [-0.39, 0.29) is 0 Å². The van der Waals surface area contributed by atoms with Gasteiger partial charge < -0.3 is 0 Å². The minimum atomic E-state index is 0.661. The Labute approximate surface area is 43.7 Å². The minimum absolute atomic E-state index is 0.661. The van der Waals surface area contributed by atoms with Crippen molar-refractivity contribution < 1.29 is 0 Å². The quantitative estimate of drug-likeness (QED) is 0.374. The highest BCUT2D eigenvalue weighted by Crippen LogP contribution is 1.68. The van der Waals surface area contributed by atoms with Gasteiger partial charge in [0, 0.05) is 19.0 Å². The summed E-state index contributed by atoms with van der Waals surface area (Å²) in [5.74, 6) is 0.661. The first kappa shape index (κ1) is 6.25. The van der Waals surface area contributed by atoms with Crippen LogP contribution in [0.3, 0.4) is 0 Å². The molecule has 0 aromatic carbocycles. The molecule has 0 heterocycles. The zero-order valence-electron chi connectivity index (χ0n) is 3.95. The average Bonchev–Trinajstić information content (AvgIpc) is 1.61. The third kappa shape index (κ3) is 4.25. The first-order chi connectivity index (χ1) is 2.91. The Balaban J connectivity index is 2.34. The van der Waals surface area contributed by atoms with Gasteiger partial charge >= 0.3 is 0 Å². The molecule has 0 N–H and O–H groups in total. The molecule has 0 aliphatic carbocycles. The van der Waals surface area contributed by atoms with Crippen molar-refractivity contribution >= 4 is 11.6 Å². The third-order valence-electron chi connectivity index (χ3n) is 0.466. The smallest absolute Gasteiger partial charge is 0.0365 e. The topological polar surface area (TPSA) is 14.1 Å². The summed E-state index contributed by atoms with van der Waals surface area (Å²) >= 11 is 5.29. The van der Waals surface area contributed by atoms with Crippen molar-refractivity contribution in [2.45, 2.75) is 6.92 Å². The van der Waals surface area contributed by atoms with E-state index < -0.39 is 0 Å². The summed E-state index contributed by atoms with van der Waals surface area (Å²) < 4.78 is 0. The molecule has 0 spiro atoms. The van der Waals surface area contributed by atoms with E-state index >= 15 is 0 Å². The fraction of sp³-hybridized carbons (Fsp3) is 1.00. The van der Waals surface area contributed by atoms with Crippen LogP contribution in [-0.4, -0.2) is 19.0 Å². The molecule has 0 bridgehead atoms. The van der Waals surface area contributed by atoms with Gasteiger partial charge in [0.2, 0.25) is 0 Å². The SMILES string of the molecule is CC[N]CCCl. The Morgan fingerprint density at radius 2 is 2.33 bits per heavy atom. The van der Waals surface area contributed by atoms with Crippen LogP contribution in [0.1, 0.15) is 6.92 Å². The van der Waals surface area contributed by atoms with Crippen LogP contribution in [-0.2, 0) is 0 Å². The van der Waals surface area contributed by atoms with Crippen LogP contribution in [0.25, 0.3) is 0 Å². The Kier molecular flexibility index (Phi) is 5.47. The molecular formula is C4H9ClN. The van der Waals surface area contributed by atoms with Gasteiger partial charge in [-0.3, -0.25) is 0 Å². The Morgan fingerprint density at radius 1 is 1.67 bits per heavy atom. The van der Waals surface area contributed by atoms with Gasteiger partial charge in [-0.15, -0.1) is 11.6 Å². The molecule has 6 heavy (non-hydrogen) atoms. The van der Waals surface area contributed by atoms with E-state index in [0.717, 1.165) is 13.1 Å². The highest BCUT2D eigenvalue weighted by atomic mass is 35.5. The zero-order chi connectivity index (χ0) is 4.83. The number of nitrogens with zero attached hydrogens (tertiary/aromatic N) is 1. The van der Waals surface area contributed by atoms with Crippen LogP contribution in [0.15, 0.2) is 0 Å². The molecule has 37 valence electrons. The van der Waals surface area contributed by atoms with Crippen LogP contribution in [0.4, 0.5) is 0 Å². The number of alkyl halides is 1. The van der Waals surface area contributed by atoms with Crippen molar-refractivity contribution in [2.24, 2.45) is 0 Å².